The van der Waals surface area contributed by atoms with Crippen LogP contribution in [0, 0.1) is 13.8 Å². The van der Waals surface area contributed by atoms with Gasteiger partial charge in [0, 0.05) is 29.4 Å². The van der Waals surface area contributed by atoms with Crippen molar-refractivity contribution >= 4 is 29.1 Å². The normalized spacial score (nSPS) is 10.5. The maximum Gasteiger partial charge on any atom is 0.225 e. The molecule has 0 aliphatic rings. The molecule has 6 nitrogen and oxygen atoms in total. The summed E-state index contributed by atoms with van der Waals surface area (Å²) in [7, 11) is 3.26. The SMILES string of the molecule is COc1ccc(CNc2nc(C)cc(Nc3cc(C)c(Cl)cc3OC)n2)cc1. The molecule has 1 heterocycles. The summed E-state index contributed by atoms with van der Waals surface area (Å²) < 4.78 is 10.6. The van der Waals surface area contributed by atoms with Gasteiger partial charge in [-0.1, -0.05) is 23.7 Å². The second kappa shape index (κ2) is 8.80. The fraction of sp³-hybridized carbons (Fsp3) is 0.238. The van der Waals surface area contributed by atoms with Gasteiger partial charge in [0.15, 0.2) is 0 Å². The Bertz CT molecular complexity index is 961. The fourth-order valence-electron chi connectivity index (χ4n) is 2.70. The molecule has 0 radical (unpaired) electrons. The predicted molar refractivity (Wildman–Crippen MR) is 113 cm³/mol. The molecule has 0 saturated carbocycles. The zero-order valence-corrected chi connectivity index (χ0v) is 17.1. The van der Waals surface area contributed by atoms with E-state index in [0.29, 0.717) is 29.1 Å². The second-order valence-corrected chi connectivity index (χ2v) is 6.75. The first-order valence-electron chi connectivity index (χ1n) is 8.82. The molecule has 0 bridgehead atoms. The summed E-state index contributed by atoms with van der Waals surface area (Å²) in [5.41, 5.74) is 3.70. The van der Waals surface area contributed by atoms with Crippen molar-refractivity contribution in [1.29, 1.82) is 0 Å². The summed E-state index contributed by atoms with van der Waals surface area (Å²) in [4.78, 5) is 9.02. The zero-order chi connectivity index (χ0) is 20.1. The third-order valence-corrected chi connectivity index (χ3v) is 4.61. The Kier molecular flexibility index (Phi) is 6.21. The van der Waals surface area contributed by atoms with Crippen LogP contribution < -0.4 is 20.1 Å². The van der Waals surface area contributed by atoms with Crippen molar-refractivity contribution in [2.24, 2.45) is 0 Å². The molecule has 3 rings (SSSR count). The lowest BCUT2D eigenvalue weighted by atomic mass is 10.2. The van der Waals surface area contributed by atoms with Gasteiger partial charge in [-0.3, -0.25) is 0 Å². The van der Waals surface area contributed by atoms with Crippen molar-refractivity contribution in [3.8, 4) is 11.5 Å². The van der Waals surface area contributed by atoms with Crippen molar-refractivity contribution < 1.29 is 9.47 Å². The molecule has 0 saturated heterocycles. The fourth-order valence-corrected chi connectivity index (χ4v) is 2.86. The van der Waals surface area contributed by atoms with Gasteiger partial charge in [-0.25, -0.2) is 4.98 Å². The number of benzene rings is 2. The summed E-state index contributed by atoms with van der Waals surface area (Å²) in [5, 5.41) is 7.21. The molecule has 3 aromatic rings. The lowest BCUT2D eigenvalue weighted by Crippen LogP contribution is -2.06. The average molecular weight is 399 g/mol. The van der Waals surface area contributed by atoms with Crippen molar-refractivity contribution in [3.63, 3.8) is 0 Å². The van der Waals surface area contributed by atoms with Crippen molar-refractivity contribution in [1.82, 2.24) is 9.97 Å². The Morgan fingerprint density at radius 3 is 2.39 bits per heavy atom. The number of rotatable bonds is 7. The highest BCUT2D eigenvalue weighted by Crippen LogP contribution is 2.32. The van der Waals surface area contributed by atoms with Crippen molar-refractivity contribution in [3.05, 3.63) is 64.3 Å². The molecule has 0 atom stereocenters. The third-order valence-electron chi connectivity index (χ3n) is 4.21. The number of hydrogen-bond donors (Lipinski definition) is 2. The number of halogens is 1. The first-order chi connectivity index (χ1) is 13.5. The molecule has 0 amide bonds. The Labute approximate surface area is 169 Å². The van der Waals surface area contributed by atoms with Crippen LogP contribution in [0.15, 0.2) is 42.5 Å². The molecule has 0 aliphatic carbocycles. The summed E-state index contributed by atoms with van der Waals surface area (Å²) in [5.74, 6) is 2.70. The van der Waals surface area contributed by atoms with E-state index in [9.17, 15) is 0 Å². The molecule has 28 heavy (non-hydrogen) atoms. The molecular weight excluding hydrogens is 376 g/mol. The molecule has 0 spiro atoms. The number of aryl methyl sites for hydroxylation is 2. The Morgan fingerprint density at radius 1 is 0.964 bits per heavy atom. The number of aromatic nitrogens is 2. The van der Waals surface area contributed by atoms with Crippen molar-refractivity contribution in [2.75, 3.05) is 24.9 Å². The smallest absolute Gasteiger partial charge is 0.225 e. The predicted octanol–water partition coefficient (Wildman–Crippen LogP) is 5.12. The number of anilines is 3. The molecule has 1 aromatic heterocycles. The minimum absolute atomic E-state index is 0.544. The molecule has 7 heteroatoms. The van der Waals surface area contributed by atoms with Crippen LogP contribution in [0.5, 0.6) is 11.5 Å². The molecule has 2 N–H and O–H groups in total. The van der Waals surface area contributed by atoms with Gasteiger partial charge in [-0.05, 0) is 43.2 Å². The van der Waals surface area contributed by atoms with Crippen LogP contribution in [0.25, 0.3) is 0 Å². The van der Waals surface area contributed by atoms with Crippen LogP contribution in [0.2, 0.25) is 5.02 Å². The van der Waals surface area contributed by atoms with E-state index in [1.54, 1.807) is 20.3 Å². The highest BCUT2D eigenvalue weighted by atomic mass is 35.5. The maximum absolute atomic E-state index is 6.19. The van der Waals surface area contributed by atoms with E-state index in [0.717, 1.165) is 28.3 Å². The topological polar surface area (TPSA) is 68.3 Å². The van der Waals surface area contributed by atoms with E-state index < -0.39 is 0 Å². The monoisotopic (exact) mass is 398 g/mol. The molecule has 146 valence electrons. The van der Waals surface area contributed by atoms with Crippen LogP contribution in [0.1, 0.15) is 16.8 Å². The number of hydrogen-bond acceptors (Lipinski definition) is 6. The van der Waals surface area contributed by atoms with E-state index in [-0.39, 0.29) is 0 Å². The lowest BCUT2D eigenvalue weighted by molar-refractivity contribution is 0.414. The quantitative estimate of drug-likeness (QED) is 0.575. The van der Waals surface area contributed by atoms with Crippen LogP contribution in [0.3, 0.4) is 0 Å². The second-order valence-electron chi connectivity index (χ2n) is 6.35. The number of ether oxygens (including phenoxy) is 2. The van der Waals surface area contributed by atoms with Gasteiger partial charge in [0.1, 0.15) is 17.3 Å². The Balaban J connectivity index is 1.77. The first-order valence-corrected chi connectivity index (χ1v) is 9.20. The zero-order valence-electron chi connectivity index (χ0n) is 16.3. The number of nitrogens with one attached hydrogen (secondary N) is 2. The largest absolute Gasteiger partial charge is 0.497 e. The highest BCUT2D eigenvalue weighted by Gasteiger charge is 2.09. The van der Waals surface area contributed by atoms with Crippen LogP contribution in [-0.4, -0.2) is 24.2 Å². The third kappa shape index (κ3) is 4.84. The van der Waals surface area contributed by atoms with E-state index in [1.807, 2.05) is 50.2 Å². The van der Waals surface area contributed by atoms with Crippen LogP contribution >= 0.6 is 11.6 Å². The van der Waals surface area contributed by atoms with Gasteiger partial charge in [0.2, 0.25) is 5.95 Å². The van der Waals surface area contributed by atoms with E-state index in [2.05, 4.69) is 20.6 Å². The lowest BCUT2D eigenvalue weighted by Gasteiger charge is -2.14. The first kappa shape index (κ1) is 19.8. The van der Waals surface area contributed by atoms with Crippen molar-refractivity contribution in [2.45, 2.75) is 20.4 Å². The van der Waals surface area contributed by atoms with Gasteiger partial charge in [0.25, 0.3) is 0 Å². The molecular formula is C21H23ClN4O2. The maximum atomic E-state index is 6.19. The van der Waals surface area contributed by atoms with Gasteiger partial charge in [-0.15, -0.1) is 0 Å². The summed E-state index contributed by atoms with van der Waals surface area (Å²) >= 11 is 6.19. The van der Waals surface area contributed by atoms with Crippen LogP contribution in [-0.2, 0) is 6.54 Å². The number of methoxy groups -OCH3 is 2. The molecule has 0 fully saturated rings. The Hall–Kier alpha value is -2.99. The Morgan fingerprint density at radius 2 is 1.71 bits per heavy atom. The highest BCUT2D eigenvalue weighted by molar-refractivity contribution is 6.31. The van der Waals surface area contributed by atoms with Gasteiger partial charge < -0.3 is 20.1 Å². The average Bonchev–Trinajstić information content (AvgIpc) is 2.69. The van der Waals surface area contributed by atoms with Gasteiger partial charge in [0.05, 0.1) is 19.9 Å². The van der Waals surface area contributed by atoms with Crippen LogP contribution in [0.4, 0.5) is 17.5 Å². The summed E-state index contributed by atoms with van der Waals surface area (Å²) in [6.45, 7) is 4.48. The van der Waals surface area contributed by atoms with Gasteiger partial charge >= 0.3 is 0 Å². The summed E-state index contributed by atoms with van der Waals surface area (Å²) in [6, 6.07) is 13.5. The minimum Gasteiger partial charge on any atom is -0.497 e. The molecule has 2 aromatic carbocycles. The standard InChI is InChI=1S/C21H23ClN4O2/c1-13-9-18(19(28-4)11-17(13)22)25-20-10-14(2)24-21(26-20)23-12-15-5-7-16(27-3)8-6-15/h5-11H,12H2,1-4H3,(H2,23,24,25,26). The summed E-state index contributed by atoms with van der Waals surface area (Å²) in [6.07, 6.45) is 0. The minimum atomic E-state index is 0.544. The van der Waals surface area contributed by atoms with E-state index >= 15 is 0 Å². The van der Waals surface area contributed by atoms with E-state index in [4.69, 9.17) is 21.1 Å². The number of nitrogens with zero attached hydrogens (tertiary/aromatic N) is 2. The van der Waals surface area contributed by atoms with E-state index in [1.165, 1.54) is 0 Å². The molecule has 0 unspecified atom stereocenters. The van der Waals surface area contributed by atoms with Gasteiger partial charge in [-0.2, -0.15) is 4.98 Å². The molecule has 0 aliphatic heterocycles.